The second-order valence-corrected chi connectivity index (χ2v) is 9.04. The maximum absolute atomic E-state index is 13.0. The lowest BCUT2D eigenvalue weighted by atomic mass is 10.1. The normalized spacial score (nSPS) is 13.3. The highest BCUT2D eigenvalue weighted by Crippen LogP contribution is 2.30. The zero-order valence-electron chi connectivity index (χ0n) is 20.4. The van der Waals surface area contributed by atoms with Crippen LogP contribution in [0.15, 0.2) is 83.5 Å². The maximum Gasteiger partial charge on any atom is 0.338 e. The molecule has 0 bridgehead atoms. The number of nitrogens with one attached hydrogen (secondary N) is 2. The van der Waals surface area contributed by atoms with E-state index in [1.165, 1.54) is 24.3 Å². The number of nitrogens with zero attached hydrogens (tertiary/aromatic N) is 1. The van der Waals surface area contributed by atoms with Crippen molar-refractivity contribution in [2.45, 2.75) is 26.9 Å². The molecule has 0 radical (unpaired) electrons. The summed E-state index contributed by atoms with van der Waals surface area (Å²) >= 11 is 6.21. The summed E-state index contributed by atoms with van der Waals surface area (Å²) in [5, 5.41) is 5.42. The minimum absolute atomic E-state index is 0.0909. The van der Waals surface area contributed by atoms with Crippen LogP contribution in [-0.4, -0.2) is 29.8 Å². The molecule has 2 N–H and O–H groups in total. The van der Waals surface area contributed by atoms with Crippen LogP contribution in [0.2, 0.25) is 0 Å². The zero-order valence-corrected chi connectivity index (χ0v) is 21.1. The molecule has 9 heteroatoms. The van der Waals surface area contributed by atoms with Gasteiger partial charge in [0.1, 0.15) is 10.7 Å². The number of hydrogen-bond donors (Lipinski definition) is 2. The third-order valence-electron chi connectivity index (χ3n) is 5.46. The van der Waals surface area contributed by atoms with Crippen LogP contribution < -0.4 is 15.5 Å². The molecule has 4 rings (SSSR count). The van der Waals surface area contributed by atoms with Gasteiger partial charge in [-0.3, -0.25) is 14.4 Å². The van der Waals surface area contributed by atoms with Crippen LogP contribution in [0.25, 0.3) is 0 Å². The number of imide groups is 1. The van der Waals surface area contributed by atoms with E-state index >= 15 is 0 Å². The predicted octanol–water partition coefficient (Wildman–Crippen LogP) is 5.25. The number of carbonyl (C=O) groups is 4. The van der Waals surface area contributed by atoms with E-state index in [4.69, 9.17) is 16.3 Å². The van der Waals surface area contributed by atoms with Crippen LogP contribution in [0.3, 0.4) is 0 Å². The Labute approximate surface area is 218 Å². The molecular formula is C28H24ClN3O5. The number of hydrogen-bond acceptors (Lipinski definition) is 6. The van der Waals surface area contributed by atoms with Gasteiger partial charge in [0.2, 0.25) is 0 Å². The van der Waals surface area contributed by atoms with Gasteiger partial charge in [0.15, 0.2) is 0 Å². The Hall–Kier alpha value is -4.43. The van der Waals surface area contributed by atoms with Crippen LogP contribution in [-0.2, 0) is 14.3 Å². The second-order valence-electron chi connectivity index (χ2n) is 8.66. The summed E-state index contributed by atoms with van der Waals surface area (Å²) in [5.74, 6) is -2.13. The first kappa shape index (κ1) is 25.7. The SMILES string of the molecule is Cc1ccc(NC(=O)c2ccc(NC3=C(Cl)C(=O)N(c4ccc(C(=O)OC(C)C)cc4)C3=O)cc2)cc1. The average Bonchev–Trinajstić information content (AvgIpc) is 3.08. The summed E-state index contributed by atoms with van der Waals surface area (Å²) in [5.41, 5.74) is 3.10. The molecule has 8 nitrogen and oxygen atoms in total. The van der Waals surface area contributed by atoms with E-state index in [1.807, 2.05) is 31.2 Å². The highest BCUT2D eigenvalue weighted by molar-refractivity contribution is 6.53. The first-order valence-corrected chi connectivity index (χ1v) is 11.9. The van der Waals surface area contributed by atoms with Gasteiger partial charge in [0.05, 0.1) is 17.4 Å². The molecule has 1 aliphatic rings. The number of ether oxygens (including phenoxy) is 1. The summed E-state index contributed by atoms with van der Waals surface area (Å²) in [6.07, 6.45) is -0.276. The lowest BCUT2D eigenvalue weighted by molar-refractivity contribution is -0.120. The lowest BCUT2D eigenvalue weighted by Gasteiger charge is -2.16. The fourth-order valence-corrected chi connectivity index (χ4v) is 3.78. The maximum atomic E-state index is 13.0. The molecule has 1 aliphatic heterocycles. The van der Waals surface area contributed by atoms with Crippen molar-refractivity contribution in [3.63, 3.8) is 0 Å². The van der Waals surface area contributed by atoms with E-state index in [0.717, 1.165) is 10.5 Å². The van der Waals surface area contributed by atoms with E-state index < -0.39 is 17.8 Å². The topological polar surface area (TPSA) is 105 Å². The molecular weight excluding hydrogens is 494 g/mol. The van der Waals surface area contributed by atoms with E-state index in [2.05, 4.69) is 10.6 Å². The Kier molecular flexibility index (Phi) is 7.40. The number of aryl methyl sites for hydroxylation is 1. The van der Waals surface area contributed by atoms with Gasteiger partial charge in [-0.05, 0) is 81.4 Å². The summed E-state index contributed by atoms with van der Waals surface area (Å²) < 4.78 is 5.15. The van der Waals surface area contributed by atoms with Gasteiger partial charge >= 0.3 is 5.97 Å². The summed E-state index contributed by atoms with van der Waals surface area (Å²) in [6, 6.07) is 19.7. The monoisotopic (exact) mass is 517 g/mol. The van der Waals surface area contributed by atoms with Crippen molar-refractivity contribution in [2.75, 3.05) is 15.5 Å². The van der Waals surface area contributed by atoms with Crippen LogP contribution in [0, 0.1) is 6.92 Å². The summed E-state index contributed by atoms with van der Waals surface area (Å²) in [6.45, 7) is 5.44. The van der Waals surface area contributed by atoms with Gasteiger partial charge in [-0.1, -0.05) is 29.3 Å². The molecule has 0 aromatic heterocycles. The standard InChI is InChI=1S/C28H24ClN3O5/c1-16(2)37-28(36)19-8-14-22(15-9-19)32-26(34)23(29)24(27(32)35)30-20-12-6-18(7-13-20)25(33)31-21-10-4-17(3)5-11-21/h4-16,30H,1-3H3,(H,31,33). The van der Waals surface area contributed by atoms with Crippen LogP contribution in [0.5, 0.6) is 0 Å². The van der Waals surface area contributed by atoms with Crippen molar-refractivity contribution in [1.82, 2.24) is 0 Å². The molecule has 3 aromatic rings. The van der Waals surface area contributed by atoms with Crippen molar-refractivity contribution in [3.05, 3.63) is 100 Å². The Balaban J connectivity index is 1.44. The number of rotatable bonds is 7. The van der Waals surface area contributed by atoms with Crippen molar-refractivity contribution < 1.29 is 23.9 Å². The van der Waals surface area contributed by atoms with Crippen molar-refractivity contribution >= 4 is 52.4 Å². The van der Waals surface area contributed by atoms with Gasteiger partial charge in [0.25, 0.3) is 17.7 Å². The molecule has 1 heterocycles. The highest BCUT2D eigenvalue weighted by atomic mass is 35.5. The fraction of sp³-hybridized carbons (Fsp3) is 0.143. The van der Waals surface area contributed by atoms with Gasteiger partial charge in [0, 0.05) is 16.9 Å². The van der Waals surface area contributed by atoms with Crippen LogP contribution in [0.4, 0.5) is 17.1 Å². The highest BCUT2D eigenvalue weighted by Gasteiger charge is 2.39. The van der Waals surface area contributed by atoms with Gasteiger partial charge in [-0.25, -0.2) is 9.69 Å². The predicted molar refractivity (Wildman–Crippen MR) is 142 cm³/mol. The largest absolute Gasteiger partial charge is 0.459 e. The number of amides is 3. The molecule has 3 aromatic carbocycles. The first-order chi connectivity index (χ1) is 17.6. The Morgan fingerprint density at radius 2 is 1.38 bits per heavy atom. The molecule has 0 aliphatic carbocycles. The van der Waals surface area contributed by atoms with Gasteiger partial charge in [-0.2, -0.15) is 0 Å². The van der Waals surface area contributed by atoms with E-state index in [9.17, 15) is 19.2 Å². The van der Waals surface area contributed by atoms with Gasteiger partial charge < -0.3 is 15.4 Å². The Morgan fingerprint density at radius 3 is 1.97 bits per heavy atom. The third-order valence-corrected chi connectivity index (χ3v) is 5.81. The van der Waals surface area contributed by atoms with E-state index in [-0.39, 0.29) is 28.4 Å². The number of carbonyl (C=O) groups excluding carboxylic acids is 4. The Morgan fingerprint density at radius 1 is 0.811 bits per heavy atom. The van der Waals surface area contributed by atoms with Crippen LogP contribution in [0.1, 0.15) is 40.1 Å². The lowest BCUT2D eigenvalue weighted by Crippen LogP contribution is -2.32. The van der Waals surface area contributed by atoms with Crippen molar-refractivity contribution in [1.29, 1.82) is 0 Å². The van der Waals surface area contributed by atoms with Gasteiger partial charge in [-0.15, -0.1) is 0 Å². The third kappa shape index (κ3) is 5.70. The zero-order chi connectivity index (χ0) is 26.7. The molecule has 0 atom stereocenters. The molecule has 0 unspecified atom stereocenters. The number of halogens is 1. The summed E-state index contributed by atoms with van der Waals surface area (Å²) in [7, 11) is 0. The Bertz CT molecular complexity index is 1400. The first-order valence-electron chi connectivity index (χ1n) is 11.5. The molecule has 0 saturated carbocycles. The van der Waals surface area contributed by atoms with Crippen LogP contribution >= 0.6 is 11.6 Å². The number of benzene rings is 3. The van der Waals surface area contributed by atoms with E-state index in [1.54, 1.807) is 38.1 Å². The summed E-state index contributed by atoms with van der Waals surface area (Å²) in [4.78, 5) is 51.3. The quantitative estimate of drug-likeness (QED) is 0.328. The number of esters is 1. The molecule has 0 spiro atoms. The molecule has 37 heavy (non-hydrogen) atoms. The smallest absolute Gasteiger partial charge is 0.338 e. The average molecular weight is 518 g/mol. The molecule has 0 fully saturated rings. The minimum Gasteiger partial charge on any atom is -0.459 e. The molecule has 188 valence electrons. The number of anilines is 3. The second kappa shape index (κ2) is 10.7. The minimum atomic E-state index is -0.694. The fourth-order valence-electron chi connectivity index (χ4n) is 3.56. The van der Waals surface area contributed by atoms with Crippen molar-refractivity contribution in [3.8, 4) is 0 Å². The van der Waals surface area contributed by atoms with E-state index in [0.29, 0.717) is 22.5 Å². The molecule has 0 saturated heterocycles. The van der Waals surface area contributed by atoms with Crippen molar-refractivity contribution in [2.24, 2.45) is 0 Å². The molecule has 3 amide bonds.